The van der Waals surface area contributed by atoms with Gasteiger partial charge in [0.2, 0.25) is 0 Å². The van der Waals surface area contributed by atoms with Gasteiger partial charge in [0.1, 0.15) is 30.5 Å². The maximum Gasteiger partial charge on any atom is 0.306 e. The van der Waals surface area contributed by atoms with Crippen molar-refractivity contribution in [3.05, 3.63) is 36.5 Å². The maximum absolute atomic E-state index is 12.4. The Morgan fingerprint density at radius 1 is 0.805 bits per heavy atom. The van der Waals surface area contributed by atoms with Crippen LogP contribution >= 0.6 is 0 Å². The molecule has 0 aliphatic carbocycles. The zero-order valence-corrected chi connectivity index (χ0v) is 25.3. The first-order valence-corrected chi connectivity index (χ1v) is 15.6. The molecule has 0 aromatic carbocycles. The van der Waals surface area contributed by atoms with E-state index in [0.717, 1.165) is 77.0 Å². The molecule has 0 bridgehead atoms. The minimum absolute atomic E-state index is 0.125. The standard InChI is InChI=1S/C32H56O9/c1-3-5-7-9-10-11-12-13-14-15-16-17-18-20-22-38-24-26(40-28(34)21-19-8-6-4-2)25-39-32-31(37)30(36)29(35)27(23-33)41-32/h5,7,10-11,13-14,26-27,29-33,35-37H,3-4,6,8-9,12,15-25H2,1-2H3/b7-5-,11-10-,14-13-. The van der Waals surface area contributed by atoms with Crippen LogP contribution in [0.1, 0.15) is 97.3 Å². The van der Waals surface area contributed by atoms with Crippen LogP contribution in [0.3, 0.4) is 0 Å². The summed E-state index contributed by atoms with van der Waals surface area (Å²) < 4.78 is 22.4. The van der Waals surface area contributed by atoms with Crippen molar-refractivity contribution < 1.29 is 44.2 Å². The first kappa shape index (κ1) is 37.4. The Kier molecular flexibility index (Phi) is 22.8. The highest BCUT2D eigenvalue weighted by molar-refractivity contribution is 5.69. The van der Waals surface area contributed by atoms with Gasteiger partial charge in [0.25, 0.3) is 0 Å². The Balaban J connectivity index is 2.34. The lowest BCUT2D eigenvalue weighted by Crippen LogP contribution is -2.59. The Morgan fingerprint density at radius 3 is 2.20 bits per heavy atom. The smallest absolute Gasteiger partial charge is 0.306 e. The van der Waals surface area contributed by atoms with Gasteiger partial charge in [-0.25, -0.2) is 0 Å². The molecule has 1 aliphatic heterocycles. The second-order valence-corrected chi connectivity index (χ2v) is 10.5. The molecule has 1 aliphatic rings. The fourth-order valence-electron chi connectivity index (χ4n) is 4.33. The number of rotatable bonds is 24. The predicted molar refractivity (Wildman–Crippen MR) is 159 cm³/mol. The molecule has 1 saturated heterocycles. The van der Waals surface area contributed by atoms with E-state index < -0.39 is 43.4 Å². The minimum Gasteiger partial charge on any atom is -0.457 e. The molecule has 41 heavy (non-hydrogen) atoms. The normalized spacial score (nSPS) is 24.1. The predicted octanol–water partition coefficient (Wildman–Crippen LogP) is 4.51. The van der Waals surface area contributed by atoms with Crippen LogP contribution in [0.5, 0.6) is 0 Å². The molecule has 6 unspecified atom stereocenters. The van der Waals surface area contributed by atoms with E-state index in [4.69, 9.17) is 18.9 Å². The van der Waals surface area contributed by atoms with Crippen molar-refractivity contribution in [1.82, 2.24) is 0 Å². The van der Waals surface area contributed by atoms with Crippen LogP contribution in [0.2, 0.25) is 0 Å². The molecule has 0 amide bonds. The van der Waals surface area contributed by atoms with E-state index in [1.807, 2.05) is 0 Å². The van der Waals surface area contributed by atoms with Gasteiger partial charge in [-0.15, -0.1) is 0 Å². The van der Waals surface area contributed by atoms with Crippen LogP contribution in [0.4, 0.5) is 0 Å². The molecule has 6 atom stereocenters. The summed E-state index contributed by atoms with van der Waals surface area (Å²) in [5.74, 6) is -0.344. The van der Waals surface area contributed by atoms with E-state index in [1.54, 1.807) is 0 Å². The number of allylic oxidation sites excluding steroid dienone is 6. The molecule has 9 nitrogen and oxygen atoms in total. The lowest BCUT2D eigenvalue weighted by atomic mass is 9.99. The SMILES string of the molecule is CC/C=C\C/C=C\C/C=C\CCCCCCOCC(COC1OC(CO)C(O)C(O)C1O)OC(=O)CCCCCC. The first-order chi connectivity index (χ1) is 19.9. The molecule has 1 rings (SSSR count). The highest BCUT2D eigenvalue weighted by Crippen LogP contribution is 2.22. The number of carbonyl (C=O) groups is 1. The molecule has 1 fully saturated rings. The summed E-state index contributed by atoms with van der Waals surface area (Å²) in [5, 5.41) is 39.5. The van der Waals surface area contributed by atoms with E-state index in [-0.39, 0.29) is 19.2 Å². The topological polar surface area (TPSA) is 135 Å². The van der Waals surface area contributed by atoms with Crippen molar-refractivity contribution in [3.8, 4) is 0 Å². The highest BCUT2D eigenvalue weighted by Gasteiger charge is 2.44. The van der Waals surface area contributed by atoms with Gasteiger partial charge in [0.15, 0.2) is 6.29 Å². The molecule has 238 valence electrons. The number of hydrogen-bond donors (Lipinski definition) is 4. The fourth-order valence-corrected chi connectivity index (χ4v) is 4.33. The number of aliphatic hydroxyl groups excluding tert-OH is 4. The van der Waals surface area contributed by atoms with E-state index >= 15 is 0 Å². The van der Waals surface area contributed by atoms with Gasteiger partial charge in [-0.1, -0.05) is 82.4 Å². The summed E-state index contributed by atoms with van der Waals surface area (Å²) in [6.45, 7) is 4.22. The molecular weight excluding hydrogens is 528 g/mol. The first-order valence-electron chi connectivity index (χ1n) is 15.6. The lowest BCUT2D eigenvalue weighted by molar-refractivity contribution is -0.305. The van der Waals surface area contributed by atoms with Crippen molar-refractivity contribution in [2.24, 2.45) is 0 Å². The number of esters is 1. The molecule has 0 radical (unpaired) electrons. The summed E-state index contributed by atoms with van der Waals surface area (Å²) in [6, 6.07) is 0. The third kappa shape index (κ3) is 17.9. The van der Waals surface area contributed by atoms with Gasteiger partial charge in [0.05, 0.1) is 19.8 Å². The third-order valence-corrected chi connectivity index (χ3v) is 6.82. The minimum atomic E-state index is -1.54. The summed E-state index contributed by atoms with van der Waals surface area (Å²) in [7, 11) is 0. The molecule has 4 N–H and O–H groups in total. The number of hydrogen-bond acceptors (Lipinski definition) is 9. The Labute approximate surface area is 247 Å². The summed E-state index contributed by atoms with van der Waals surface area (Å²) in [4.78, 5) is 12.4. The lowest BCUT2D eigenvalue weighted by Gasteiger charge is -2.39. The Bertz CT molecular complexity index is 722. The van der Waals surface area contributed by atoms with Crippen LogP contribution in [-0.4, -0.2) is 89.6 Å². The van der Waals surface area contributed by atoms with Crippen molar-refractivity contribution in [2.75, 3.05) is 26.4 Å². The van der Waals surface area contributed by atoms with Gasteiger partial charge >= 0.3 is 5.97 Å². The Morgan fingerprint density at radius 2 is 1.49 bits per heavy atom. The van der Waals surface area contributed by atoms with Gasteiger partial charge in [-0.3, -0.25) is 4.79 Å². The van der Waals surface area contributed by atoms with Crippen molar-refractivity contribution in [2.45, 2.75) is 134 Å². The monoisotopic (exact) mass is 584 g/mol. The molecule has 9 heteroatoms. The molecule has 0 saturated carbocycles. The van der Waals surface area contributed by atoms with Gasteiger partial charge in [0, 0.05) is 13.0 Å². The molecule has 1 heterocycles. The van der Waals surface area contributed by atoms with Crippen LogP contribution in [0.15, 0.2) is 36.5 Å². The number of unbranched alkanes of at least 4 members (excludes halogenated alkanes) is 7. The van der Waals surface area contributed by atoms with Crippen LogP contribution in [0.25, 0.3) is 0 Å². The van der Waals surface area contributed by atoms with E-state index in [9.17, 15) is 25.2 Å². The Hall–Kier alpha value is -1.59. The molecule has 0 aromatic heterocycles. The quantitative estimate of drug-likeness (QED) is 0.0734. The average molecular weight is 585 g/mol. The largest absolute Gasteiger partial charge is 0.457 e. The van der Waals surface area contributed by atoms with Crippen molar-refractivity contribution >= 4 is 5.97 Å². The zero-order chi connectivity index (χ0) is 30.1. The van der Waals surface area contributed by atoms with Gasteiger partial charge < -0.3 is 39.4 Å². The van der Waals surface area contributed by atoms with E-state index in [0.29, 0.717) is 13.0 Å². The summed E-state index contributed by atoms with van der Waals surface area (Å²) in [5.41, 5.74) is 0. The molecule has 0 aromatic rings. The fraction of sp³-hybridized carbons (Fsp3) is 0.781. The molecular formula is C32H56O9. The highest BCUT2D eigenvalue weighted by atomic mass is 16.7. The van der Waals surface area contributed by atoms with Gasteiger partial charge in [-0.2, -0.15) is 0 Å². The maximum atomic E-state index is 12.4. The zero-order valence-electron chi connectivity index (χ0n) is 25.3. The second-order valence-electron chi connectivity index (χ2n) is 10.5. The van der Waals surface area contributed by atoms with Crippen LogP contribution < -0.4 is 0 Å². The second kappa shape index (κ2) is 25.0. The molecule has 0 spiro atoms. The number of ether oxygens (including phenoxy) is 4. The van der Waals surface area contributed by atoms with Crippen molar-refractivity contribution in [1.29, 1.82) is 0 Å². The van der Waals surface area contributed by atoms with Crippen molar-refractivity contribution in [3.63, 3.8) is 0 Å². The third-order valence-electron chi connectivity index (χ3n) is 6.82. The number of carbonyl (C=O) groups excluding carboxylic acids is 1. The summed E-state index contributed by atoms with van der Waals surface area (Å²) >= 11 is 0. The van der Waals surface area contributed by atoms with E-state index in [1.165, 1.54) is 0 Å². The van der Waals surface area contributed by atoms with E-state index in [2.05, 4.69) is 50.3 Å². The number of aliphatic hydroxyl groups is 4. The summed E-state index contributed by atoms with van der Waals surface area (Å²) in [6.07, 6.45) is 18.0. The average Bonchev–Trinajstić information content (AvgIpc) is 2.97. The van der Waals surface area contributed by atoms with Crippen LogP contribution in [-0.2, 0) is 23.7 Å². The van der Waals surface area contributed by atoms with Crippen LogP contribution in [0, 0.1) is 0 Å². The van der Waals surface area contributed by atoms with Gasteiger partial charge in [-0.05, 0) is 44.9 Å².